The molecule has 1 aromatic rings. The molecule has 0 aromatic heterocycles. The molecule has 0 atom stereocenters. The van der Waals surface area contributed by atoms with Gasteiger partial charge in [-0.1, -0.05) is 36.7 Å². The van der Waals surface area contributed by atoms with Crippen molar-refractivity contribution < 1.29 is 18.7 Å². The van der Waals surface area contributed by atoms with Gasteiger partial charge in [0.15, 0.2) is 12.4 Å². The summed E-state index contributed by atoms with van der Waals surface area (Å²) < 4.78 is 18.7. The van der Waals surface area contributed by atoms with E-state index < -0.39 is 17.2 Å². The number of Topliss-reactive ketones (excluding diaryl/α,β-unsaturated/α-hetero) is 1. The Morgan fingerprint density at radius 3 is 2.50 bits per heavy atom. The first-order chi connectivity index (χ1) is 8.21. The van der Waals surface area contributed by atoms with Crippen LogP contribution in [-0.2, 0) is 9.53 Å². The highest BCUT2D eigenvalue weighted by molar-refractivity contribution is 9.10. The number of ether oxygens (including phenoxy) is 1. The monoisotopic (exact) mass is 316 g/mol. The molecule has 0 amide bonds. The van der Waals surface area contributed by atoms with Crippen molar-refractivity contribution in [3.8, 4) is 0 Å². The Morgan fingerprint density at radius 1 is 1.33 bits per heavy atom. The predicted octanol–water partition coefficient (Wildman–Crippen LogP) is 3.36. The Bertz CT molecular complexity index is 478. The second-order valence-electron chi connectivity index (χ2n) is 4.87. The molecule has 0 bridgehead atoms. The maximum absolute atomic E-state index is 13.4. The third-order valence-corrected chi connectivity index (χ3v) is 2.81. The molecule has 0 aliphatic carbocycles. The first-order valence-corrected chi connectivity index (χ1v) is 6.16. The van der Waals surface area contributed by atoms with Gasteiger partial charge in [0, 0.05) is 9.89 Å². The van der Waals surface area contributed by atoms with E-state index in [1.54, 1.807) is 20.8 Å². The van der Waals surface area contributed by atoms with Gasteiger partial charge in [0.2, 0.25) is 0 Å². The Kier molecular flexibility index (Phi) is 4.62. The fourth-order valence-electron chi connectivity index (χ4n) is 1.08. The van der Waals surface area contributed by atoms with Gasteiger partial charge < -0.3 is 4.74 Å². The van der Waals surface area contributed by atoms with Crippen molar-refractivity contribution in [3.63, 3.8) is 0 Å². The summed E-state index contributed by atoms with van der Waals surface area (Å²) in [6.07, 6.45) is 0. The van der Waals surface area contributed by atoms with Crippen LogP contribution in [0.5, 0.6) is 0 Å². The highest BCUT2D eigenvalue weighted by Gasteiger charge is 2.23. The SMILES string of the molecule is CC(C)(C)C(=O)COC(=O)c1cc(Br)ccc1F. The summed E-state index contributed by atoms with van der Waals surface area (Å²) in [5, 5.41) is 0. The van der Waals surface area contributed by atoms with Crippen LogP contribution in [0, 0.1) is 11.2 Å². The number of halogens is 2. The standard InChI is InChI=1S/C13H14BrFO3/c1-13(2,3)11(16)7-18-12(17)9-6-8(14)4-5-10(9)15/h4-6H,7H2,1-3H3. The van der Waals surface area contributed by atoms with Crippen LogP contribution in [0.2, 0.25) is 0 Å². The van der Waals surface area contributed by atoms with Gasteiger partial charge in [-0.15, -0.1) is 0 Å². The summed E-state index contributed by atoms with van der Waals surface area (Å²) in [7, 11) is 0. The Labute approximate surface area is 113 Å². The highest BCUT2D eigenvalue weighted by atomic mass is 79.9. The topological polar surface area (TPSA) is 43.4 Å². The van der Waals surface area contributed by atoms with Crippen molar-refractivity contribution in [1.82, 2.24) is 0 Å². The van der Waals surface area contributed by atoms with E-state index in [9.17, 15) is 14.0 Å². The summed E-state index contributed by atoms with van der Waals surface area (Å²) in [5.41, 5.74) is -0.776. The molecule has 0 aliphatic rings. The lowest BCUT2D eigenvalue weighted by molar-refractivity contribution is -0.129. The zero-order chi connectivity index (χ0) is 13.9. The quantitative estimate of drug-likeness (QED) is 0.803. The number of carbonyl (C=O) groups is 2. The molecule has 1 rings (SSSR count). The number of rotatable bonds is 3. The van der Waals surface area contributed by atoms with Crippen LogP contribution in [-0.4, -0.2) is 18.4 Å². The van der Waals surface area contributed by atoms with Crippen LogP contribution in [0.15, 0.2) is 22.7 Å². The Balaban J connectivity index is 2.72. The molecular formula is C13H14BrFO3. The van der Waals surface area contributed by atoms with Crippen LogP contribution in [0.1, 0.15) is 31.1 Å². The first kappa shape index (κ1) is 14.8. The van der Waals surface area contributed by atoms with Crippen molar-refractivity contribution in [2.75, 3.05) is 6.61 Å². The van der Waals surface area contributed by atoms with E-state index in [2.05, 4.69) is 15.9 Å². The molecule has 0 fully saturated rings. The second-order valence-corrected chi connectivity index (χ2v) is 5.79. The van der Waals surface area contributed by atoms with E-state index in [-0.39, 0.29) is 18.0 Å². The number of hydrogen-bond acceptors (Lipinski definition) is 3. The predicted molar refractivity (Wildman–Crippen MR) is 68.8 cm³/mol. The number of benzene rings is 1. The molecule has 0 saturated heterocycles. The lowest BCUT2D eigenvalue weighted by atomic mass is 9.91. The van der Waals surface area contributed by atoms with Crippen LogP contribution < -0.4 is 0 Å². The van der Waals surface area contributed by atoms with E-state index >= 15 is 0 Å². The lowest BCUT2D eigenvalue weighted by Gasteiger charge is -2.16. The van der Waals surface area contributed by atoms with Crippen molar-refractivity contribution in [3.05, 3.63) is 34.1 Å². The Morgan fingerprint density at radius 2 is 1.94 bits per heavy atom. The van der Waals surface area contributed by atoms with E-state index in [4.69, 9.17) is 4.74 Å². The van der Waals surface area contributed by atoms with Gasteiger partial charge in [-0.3, -0.25) is 4.79 Å². The molecule has 1 aromatic carbocycles. The van der Waals surface area contributed by atoms with Gasteiger partial charge in [0.05, 0.1) is 5.56 Å². The molecule has 18 heavy (non-hydrogen) atoms. The molecule has 5 heteroatoms. The van der Waals surface area contributed by atoms with Crippen molar-refractivity contribution in [1.29, 1.82) is 0 Å². The normalized spacial score (nSPS) is 11.2. The van der Waals surface area contributed by atoms with Gasteiger partial charge in [0.25, 0.3) is 0 Å². The maximum atomic E-state index is 13.4. The number of ketones is 1. The molecule has 0 N–H and O–H groups in total. The summed E-state index contributed by atoms with van der Waals surface area (Å²) in [6.45, 7) is 4.82. The molecule has 98 valence electrons. The molecular weight excluding hydrogens is 303 g/mol. The summed E-state index contributed by atoms with van der Waals surface area (Å²) in [4.78, 5) is 23.2. The van der Waals surface area contributed by atoms with Crippen molar-refractivity contribution in [2.24, 2.45) is 5.41 Å². The molecule has 0 saturated carbocycles. The van der Waals surface area contributed by atoms with Crippen LogP contribution in [0.4, 0.5) is 4.39 Å². The van der Waals surface area contributed by atoms with Gasteiger partial charge in [-0.05, 0) is 18.2 Å². The van der Waals surface area contributed by atoms with Crippen LogP contribution in [0.25, 0.3) is 0 Å². The summed E-state index contributed by atoms with van der Waals surface area (Å²) in [5.74, 6) is -1.73. The minimum Gasteiger partial charge on any atom is -0.454 e. The molecule has 0 unspecified atom stereocenters. The minimum atomic E-state index is -0.841. The van der Waals surface area contributed by atoms with E-state index in [0.29, 0.717) is 4.47 Å². The van der Waals surface area contributed by atoms with E-state index in [0.717, 1.165) is 6.07 Å². The average molecular weight is 317 g/mol. The zero-order valence-electron chi connectivity index (χ0n) is 10.4. The molecule has 0 spiro atoms. The zero-order valence-corrected chi connectivity index (χ0v) is 12.0. The van der Waals surface area contributed by atoms with Crippen molar-refractivity contribution >= 4 is 27.7 Å². The van der Waals surface area contributed by atoms with Crippen molar-refractivity contribution in [2.45, 2.75) is 20.8 Å². The fraction of sp³-hybridized carbons (Fsp3) is 0.385. The van der Waals surface area contributed by atoms with E-state index in [1.807, 2.05) is 0 Å². The van der Waals surface area contributed by atoms with Crippen LogP contribution >= 0.6 is 15.9 Å². The third kappa shape index (κ3) is 3.91. The van der Waals surface area contributed by atoms with Gasteiger partial charge in [-0.25, -0.2) is 9.18 Å². The number of hydrogen-bond donors (Lipinski definition) is 0. The van der Waals surface area contributed by atoms with Crippen LogP contribution in [0.3, 0.4) is 0 Å². The Hall–Kier alpha value is -1.23. The summed E-state index contributed by atoms with van der Waals surface area (Å²) in [6, 6.07) is 3.96. The van der Waals surface area contributed by atoms with Gasteiger partial charge in [0.1, 0.15) is 5.82 Å². The molecule has 3 nitrogen and oxygen atoms in total. The molecule has 0 heterocycles. The smallest absolute Gasteiger partial charge is 0.341 e. The second kappa shape index (κ2) is 5.61. The minimum absolute atomic E-state index is 0.189. The third-order valence-electron chi connectivity index (χ3n) is 2.32. The van der Waals surface area contributed by atoms with Gasteiger partial charge >= 0.3 is 5.97 Å². The molecule has 0 radical (unpaired) electrons. The van der Waals surface area contributed by atoms with E-state index in [1.165, 1.54) is 12.1 Å². The fourth-order valence-corrected chi connectivity index (χ4v) is 1.44. The maximum Gasteiger partial charge on any atom is 0.341 e. The average Bonchev–Trinajstić information content (AvgIpc) is 2.27. The summed E-state index contributed by atoms with van der Waals surface area (Å²) >= 11 is 3.14. The lowest BCUT2D eigenvalue weighted by Crippen LogP contribution is -2.26. The first-order valence-electron chi connectivity index (χ1n) is 5.37. The number of esters is 1. The highest BCUT2D eigenvalue weighted by Crippen LogP contribution is 2.18. The molecule has 0 aliphatic heterocycles. The largest absolute Gasteiger partial charge is 0.454 e. The number of carbonyl (C=O) groups excluding carboxylic acids is 2. The van der Waals surface area contributed by atoms with Gasteiger partial charge in [-0.2, -0.15) is 0 Å².